The van der Waals surface area contributed by atoms with Crippen molar-refractivity contribution in [1.29, 1.82) is 0 Å². The normalized spacial score (nSPS) is 30.4. The number of nitrogens with zero attached hydrogens (tertiary/aromatic N) is 2. The van der Waals surface area contributed by atoms with Crippen LogP contribution >= 0.6 is 0 Å². The van der Waals surface area contributed by atoms with Gasteiger partial charge in [0.1, 0.15) is 11.8 Å². The molecule has 2 heterocycles. The van der Waals surface area contributed by atoms with Crippen molar-refractivity contribution in [3.8, 4) is 0 Å². The maximum atomic E-state index is 12.6. The largest absolute Gasteiger partial charge is 0.379 e. The predicted octanol–water partition coefficient (Wildman–Crippen LogP) is 1.04. The van der Waals surface area contributed by atoms with Crippen LogP contribution in [-0.4, -0.2) is 53.9 Å². The summed E-state index contributed by atoms with van der Waals surface area (Å²) in [4.78, 5) is 14.6. The van der Waals surface area contributed by atoms with Crippen LogP contribution in [0.4, 0.5) is 0 Å². The van der Waals surface area contributed by atoms with Crippen LogP contribution in [0.2, 0.25) is 0 Å². The van der Waals surface area contributed by atoms with Gasteiger partial charge in [-0.3, -0.25) is 4.79 Å². The molecule has 0 aromatic carbocycles. The van der Waals surface area contributed by atoms with Gasteiger partial charge in [0, 0.05) is 26.9 Å². The summed E-state index contributed by atoms with van der Waals surface area (Å²) in [5.41, 5.74) is 0.738. The van der Waals surface area contributed by atoms with Gasteiger partial charge in [-0.2, -0.15) is 0 Å². The van der Waals surface area contributed by atoms with Gasteiger partial charge in [0.15, 0.2) is 0 Å². The van der Waals surface area contributed by atoms with Crippen LogP contribution in [-0.2, 0) is 16.5 Å². The first kappa shape index (κ1) is 12.7. The van der Waals surface area contributed by atoms with Gasteiger partial charge in [0.25, 0.3) is 5.91 Å². The van der Waals surface area contributed by atoms with Crippen LogP contribution in [0.25, 0.3) is 0 Å². The van der Waals surface area contributed by atoms with E-state index in [-0.39, 0.29) is 24.2 Å². The second-order valence-corrected chi connectivity index (χ2v) is 5.26. The molecule has 1 amide bonds. The minimum atomic E-state index is 0.0305. The lowest BCUT2D eigenvalue weighted by atomic mass is 10.1. The molecule has 0 radical (unpaired) electrons. The van der Waals surface area contributed by atoms with Gasteiger partial charge in [-0.25, -0.2) is 0 Å². The molecule has 1 saturated carbocycles. The minimum absolute atomic E-state index is 0.0305. The van der Waals surface area contributed by atoms with Gasteiger partial charge in [-0.05, 0) is 25.0 Å². The van der Waals surface area contributed by atoms with Crippen LogP contribution in [0.5, 0.6) is 0 Å². The lowest BCUT2D eigenvalue weighted by Gasteiger charge is -2.38. The highest BCUT2D eigenvalue weighted by atomic mass is 16.5. The Hall–Kier alpha value is -1.33. The van der Waals surface area contributed by atoms with E-state index in [2.05, 4.69) is 0 Å². The number of aryl methyl sites for hydroxylation is 1. The van der Waals surface area contributed by atoms with Crippen molar-refractivity contribution < 1.29 is 14.3 Å². The average molecular weight is 264 g/mol. The van der Waals surface area contributed by atoms with Gasteiger partial charge in [-0.1, -0.05) is 0 Å². The summed E-state index contributed by atoms with van der Waals surface area (Å²) >= 11 is 0. The van der Waals surface area contributed by atoms with Crippen molar-refractivity contribution in [2.45, 2.75) is 31.1 Å². The third kappa shape index (κ3) is 2.07. The van der Waals surface area contributed by atoms with E-state index < -0.39 is 0 Å². The van der Waals surface area contributed by atoms with Gasteiger partial charge in [0.2, 0.25) is 0 Å². The van der Waals surface area contributed by atoms with Crippen LogP contribution in [0.1, 0.15) is 23.3 Å². The van der Waals surface area contributed by atoms with Gasteiger partial charge in [0.05, 0.1) is 18.8 Å². The SMILES string of the molecule is CO[C@@H]1CC[C@H]2[C@H]1OCCN2C(=O)c1cccn1C. The number of rotatable bonds is 2. The number of amides is 1. The fourth-order valence-corrected chi connectivity index (χ4v) is 3.25. The number of methoxy groups -OCH3 is 1. The molecule has 0 N–H and O–H groups in total. The first-order chi connectivity index (χ1) is 9.22. The summed E-state index contributed by atoms with van der Waals surface area (Å²) in [7, 11) is 3.62. The molecule has 2 aliphatic rings. The second-order valence-electron chi connectivity index (χ2n) is 5.26. The lowest BCUT2D eigenvalue weighted by molar-refractivity contribution is -0.0948. The number of fused-ring (bicyclic) bond motifs is 1. The van der Waals surface area contributed by atoms with Gasteiger partial charge in [-0.15, -0.1) is 0 Å². The van der Waals surface area contributed by atoms with E-state index in [4.69, 9.17) is 9.47 Å². The number of carbonyl (C=O) groups is 1. The highest BCUT2D eigenvalue weighted by Crippen LogP contribution is 2.32. The van der Waals surface area contributed by atoms with Crippen molar-refractivity contribution >= 4 is 5.91 Å². The van der Waals surface area contributed by atoms with E-state index in [1.165, 1.54) is 0 Å². The Morgan fingerprint density at radius 1 is 1.47 bits per heavy atom. The maximum absolute atomic E-state index is 12.6. The molecule has 1 aliphatic carbocycles. The topological polar surface area (TPSA) is 43.7 Å². The molecule has 0 unspecified atom stereocenters. The zero-order chi connectivity index (χ0) is 13.4. The molecule has 0 spiro atoms. The Balaban J connectivity index is 1.81. The molecule has 5 heteroatoms. The van der Waals surface area contributed by atoms with Crippen molar-refractivity contribution in [2.75, 3.05) is 20.3 Å². The number of ether oxygens (including phenoxy) is 2. The van der Waals surface area contributed by atoms with Gasteiger partial charge < -0.3 is 18.9 Å². The maximum Gasteiger partial charge on any atom is 0.270 e. The number of hydrogen-bond donors (Lipinski definition) is 0. The quantitative estimate of drug-likeness (QED) is 0.802. The van der Waals surface area contributed by atoms with Crippen LogP contribution in [0.3, 0.4) is 0 Å². The summed E-state index contributed by atoms with van der Waals surface area (Å²) in [5, 5.41) is 0. The molecule has 1 aromatic heterocycles. The number of aromatic nitrogens is 1. The molecular weight excluding hydrogens is 244 g/mol. The van der Waals surface area contributed by atoms with Crippen molar-refractivity contribution in [2.24, 2.45) is 7.05 Å². The summed E-state index contributed by atoms with van der Waals surface area (Å²) in [6, 6.07) is 3.92. The van der Waals surface area contributed by atoms with Crippen molar-refractivity contribution in [3.05, 3.63) is 24.0 Å². The van der Waals surface area contributed by atoms with E-state index in [9.17, 15) is 4.79 Å². The van der Waals surface area contributed by atoms with E-state index >= 15 is 0 Å². The van der Waals surface area contributed by atoms with E-state index in [1.54, 1.807) is 7.11 Å². The Morgan fingerprint density at radius 2 is 2.32 bits per heavy atom. The fourth-order valence-electron chi connectivity index (χ4n) is 3.25. The number of morpholine rings is 1. The molecule has 104 valence electrons. The standard InChI is InChI=1S/C14H20N2O3/c1-15-7-3-4-11(15)14(17)16-8-9-19-13-10(16)5-6-12(13)18-2/h3-4,7,10,12-13H,5-6,8-9H2,1-2H3/t10-,12+,13+/m0/s1. The average Bonchev–Trinajstić information content (AvgIpc) is 3.03. The Bertz CT molecular complexity index is 471. The van der Waals surface area contributed by atoms with E-state index in [0.29, 0.717) is 13.2 Å². The number of carbonyl (C=O) groups excluding carboxylic acids is 1. The van der Waals surface area contributed by atoms with Crippen LogP contribution < -0.4 is 0 Å². The molecule has 19 heavy (non-hydrogen) atoms. The molecular formula is C14H20N2O3. The predicted molar refractivity (Wildman–Crippen MR) is 70.0 cm³/mol. The second kappa shape index (κ2) is 4.98. The molecule has 5 nitrogen and oxygen atoms in total. The molecule has 3 atom stereocenters. The number of hydrogen-bond acceptors (Lipinski definition) is 3. The smallest absolute Gasteiger partial charge is 0.270 e. The molecule has 1 aromatic rings. The third-order valence-electron chi connectivity index (χ3n) is 4.26. The fraction of sp³-hybridized carbons (Fsp3) is 0.643. The Kier molecular flexibility index (Phi) is 3.33. The third-order valence-corrected chi connectivity index (χ3v) is 4.26. The molecule has 2 fully saturated rings. The Labute approximate surface area is 113 Å². The summed E-state index contributed by atoms with van der Waals surface area (Å²) in [6.07, 6.45) is 3.97. The van der Waals surface area contributed by atoms with E-state index in [1.807, 2.05) is 34.8 Å². The summed E-state index contributed by atoms with van der Waals surface area (Å²) in [5.74, 6) is 0.0996. The lowest BCUT2D eigenvalue weighted by Crippen LogP contribution is -2.54. The molecule has 0 bridgehead atoms. The van der Waals surface area contributed by atoms with Crippen molar-refractivity contribution in [3.63, 3.8) is 0 Å². The molecule has 1 aliphatic heterocycles. The molecule has 1 saturated heterocycles. The summed E-state index contributed by atoms with van der Waals surface area (Å²) < 4.78 is 13.1. The zero-order valence-electron chi connectivity index (χ0n) is 11.4. The van der Waals surface area contributed by atoms with E-state index in [0.717, 1.165) is 18.5 Å². The zero-order valence-corrected chi connectivity index (χ0v) is 11.4. The first-order valence-electron chi connectivity index (χ1n) is 6.79. The van der Waals surface area contributed by atoms with Gasteiger partial charge >= 0.3 is 0 Å². The van der Waals surface area contributed by atoms with Crippen molar-refractivity contribution in [1.82, 2.24) is 9.47 Å². The highest BCUT2D eigenvalue weighted by Gasteiger charge is 2.44. The first-order valence-corrected chi connectivity index (χ1v) is 6.79. The molecule has 3 rings (SSSR count). The summed E-state index contributed by atoms with van der Waals surface area (Å²) in [6.45, 7) is 1.26. The minimum Gasteiger partial charge on any atom is -0.379 e. The Morgan fingerprint density at radius 3 is 3.00 bits per heavy atom. The highest BCUT2D eigenvalue weighted by molar-refractivity contribution is 5.93. The van der Waals surface area contributed by atoms with Crippen LogP contribution in [0.15, 0.2) is 18.3 Å². The van der Waals surface area contributed by atoms with Crippen LogP contribution in [0, 0.1) is 0 Å². The monoisotopic (exact) mass is 264 g/mol.